The van der Waals surface area contributed by atoms with E-state index < -0.39 is 0 Å². The van der Waals surface area contributed by atoms with E-state index >= 15 is 0 Å². The molecule has 3 aromatic carbocycles. The van der Waals surface area contributed by atoms with Crippen molar-refractivity contribution < 1.29 is 14.3 Å². The molecule has 0 bridgehead atoms. The molecule has 1 N–H and O–H groups in total. The van der Waals surface area contributed by atoms with Crippen LogP contribution in [-0.2, 0) is 6.61 Å². The molecule has 0 aliphatic heterocycles. The summed E-state index contributed by atoms with van der Waals surface area (Å²) in [6.07, 6.45) is 1.57. The zero-order valence-corrected chi connectivity index (χ0v) is 19.4. The maximum atomic E-state index is 12.2. The van der Waals surface area contributed by atoms with Crippen molar-refractivity contribution in [1.82, 2.24) is 5.43 Å². The quantitative estimate of drug-likeness (QED) is 0.288. The third kappa shape index (κ3) is 6.18. The number of hydrogen-bond acceptors (Lipinski definition) is 4. The third-order valence-electron chi connectivity index (χ3n) is 4.05. The Labute approximate surface area is 192 Å². The number of halogens is 2. The molecule has 0 atom stereocenters. The fourth-order valence-corrected chi connectivity index (χ4v) is 4.07. The lowest BCUT2D eigenvalue weighted by molar-refractivity contribution is 0.0955. The molecular weight excluding hydrogens is 512 g/mol. The Hall–Kier alpha value is -2.64. The first-order valence-corrected chi connectivity index (χ1v) is 10.9. The highest BCUT2D eigenvalue weighted by molar-refractivity contribution is 9.11. The van der Waals surface area contributed by atoms with E-state index in [-0.39, 0.29) is 5.91 Å². The standard InChI is InChI=1S/C23H20Br2N2O3/c1-2-29-19-10-8-18(9-11-19)23(28)27-26-14-17-12-20(24)22(21(25)13-17)30-15-16-6-4-3-5-7-16/h3-14H,2,15H2,1H3,(H,27,28)/b26-14+. The maximum absolute atomic E-state index is 12.2. The first kappa shape index (κ1) is 22.1. The minimum Gasteiger partial charge on any atom is -0.494 e. The number of benzene rings is 3. The van der Waals surface area contributed by atoms with Crippen LogP contribution in [0.2, 0.25) is 0 Å². The van der Waals surface area contributed by atoms with Gasteiger partial charge in [-0.05, 0) is 86.3 Å². The second-order valence-corrected chi connectivity index (χ2v) is 7.95. The second-order valence-electron chi connectivity index (χ2n) is 6.24. The predicted octanol–water partition coefficient (Wildman–Crippen LogP) is 5.95. The molecule has 0 aliphatic carbocycles. The summed E-state index contributed by atoms with van der Waals surface area (Å²) in [4.78, 5) is 12.2. The fourth-order valence-electron chi connectivity index (χ4n) is 2.62. The van der Waals surface area contributed by atoms with Crippen LogP contribution in [0, 0.1) is 0 Å². The lowest BCUT2D eigenvalue weighted by Gasteiger charge is -2.11. The number of amides is 1. The minimum absolute atomic E-state index is 0.296. The molecule has 3 rings (SSSR count). The van der Waals surface area contributed by atoms with Crippen LogP contribution in [0.5, 0.6) is 11.5 Å². The number of rotatable bonds is 8. The number of hydrogen-bond donors (Lipinski definition) is 1. The Balaban J connectivity index is 1.60. The van der Waals surface area contributed by atoms with Gasteiger partial charge < -0.3 is 9.47 Å². The summed E-state index contributed by atoms with van der Waals surface area (Å²) in [5, 5.41) is 4.04. The smallest absolute Gasteiger partial charge is 0.271 e. The zero-order chi connectivity index (χ0) is 21.3. The van der Waals surface area contributed by atoms with Gasteiger partial charge in [0.2, 0.25) is 0 Å². The van der Waals surface area contributed by atoms with E-state index in [0.717, 1.165) is 25.8 Å². The molecule has 1 amide bonds. The third-order valence-corrected chi connectivity index (χ3v) is 5.23. The van der Waals surface area contributed by atoms with E-state index in [1.807, 2.05) is 49.4 Å². The molecule has 0 unspecified atom stereocenters. The van der Waals surface area contributed by atoms with Crippen molar-refractivity contribution in [2.45, 2.75) is 13.5 Å². The van der Waals surface area contributed by atoms with Gasteiger partial charge in [0.05, 0.1) is 21.8 Å². The molecule has 154 valence electrons. The molecule has 0 aliphatic rings. The summed E-state index contributed by atoms with van der Waals surface area (Å²) in [5.74, 6) is 1.13. The highest BCUT2D eigenvalue weighted by Crippen LogP contribution is 2.35. The van der Waals surface area contributed by atoms with Gasteiger partial charge in [0.15, 0.2) is 0 Å². The first-order chi connectivity index (χ1) is 14.6. The molecule has 0 heterocycles. The SMILES string of the molecule is CCOc1ccc(C(=O)N/N=C/c2cc(Br)c(OCc3ccccc3)c(Br)c2)cc1. The minimum atomic E-state index is -0.296. The predicted molar refractivity (Wildman–Crippen MR) is 125 cm³/mol. The molecule has 5 nitrogen and oxygen atoms in total. The Morgan fingerprint density at radius 2 is 1.67 bits per heavy atom. The van der Waals surface area contributed by atoms with Crippen molar-refractivity contribution in [3.8, 4) is 11.5 Å². The number of nitrogens with zero attached hydrogens (tertiary/aromatic N) is 1. The monoisotopic (exact) mass is 530 g/mol. The summed E-state index contributed by atoms with van der Waals surface area (Å²) >= 11 is 7.07. The topological polar surface area (TPSA) is 59.9 Å². The van der Waals surface area contributed by atoms with Gasteiger partial charge in [0.25, 0.3) is 5.91 Å². The van der Waals surface area contributed by atoms with Gasteiger partial charge in [-0.1, -0.05) is 30.3 Å². The maximum Gasteiger partial charge on any atom is 0.271 e. The molecule has 0 spiro atoms. The fraction of sp³-hybridized carbons (Fsp3) is 0.130. The molecule has 7 heteroatoms. The highest BCUT2D eigenvalue weighted by atomic mass is 79.9. The van der Waals surface area contributed by atoms with Gasteiger partial charge in [-0.2, -0.15) is 5.10 Å². The van der Waals surface area contributed by atoms with Crippen molar-refractivity contribution in [3.63, 3.8) is 0 Å². The average Bonchev–Trinajstić information content (AvgIpc) is 2.74. The molecule has 3 aromatic rings. The highest BCUT2D eigenvalue weighted by Gasteiger charge is 2.09. The van der Waals surface area contributed by atoms with Crippen molar-refractivity contribution in [2.75, 3.05) is 6.61 Å². The van der Waals surface area contributed by atoms with Crippen molar-refractivity contribution in [1.29, 1.82) is 0 Å². The largest absolute Gasteiger partial charge is 0.494 e. The molecule has 0 radical (unpaired) electrons. The number of hydrazone groups is 1. The second kappa shape index (κ2) is 10.9. The summed E-state index contributed by atoms with van der Waals surface area (Å²) in [7, 11) is 0. The van der Waals surface area contributed by atoms with E-state index in [2.05, 4.69) is 42.4 Å². The van der Waals surface area contributed by atoms with Crippen molar-refractivity contribution in [2.24, 2.45) is 5.10 Å². The van der Waals surface area contributed by atoms with Gasteiger partial charge in [-0.25, -0.2) is 5.43 Å². The zero-order valence-electron chi connectivity index (χ0n) is 16.3. The van der Waals surface area contributed by atoms with E-state index in [1.165, 1.54) is 0 Å². The summed E-state index contributed by atoms with van der Waals surface area (Å²) in [5.41, 5.74) is 4.91. The normalized spacial score (nSPS) is 10.8. The van der Waals surface area contributed by atoms with Crippen LogP contribution < -0.4 is 14.9 Å². The summed E-state index contributed by atoms with van der Waals surface area (Å²) in [6.45, 7) is 2.95. The van der Waals surface area contributed by atoms with E-state index in [9.17, 15) is 4.79 Å². The van der Waals surface area contributed by atoms with Gasteiger partial charge in [0, 0.05) is 5.56 Å². The van der Waals surface area contributed by atoms with Crippen LogP contribution in [0.4, 0.5) is 0 Å². The Morgan fingerprint density at radius 3 is 2.30 bits per heavy atom. The lowest BCUT2D eigenvalue weighted by atomic mass is 10.2. The van der Waals surface area contributed by atoms with Crippen LogP contribution >= 0.6 is 31.9 Å². The van der Waals surface area contributed by atoms with E-state index in [0.29, 0.717) is 24.5 Å². The van der Waals surface area contributed by atoms with Crippen molar-refractivity contribution >= 4 is 44.0 Å². The Morgan fingerprint density at radius 1 is 1.00 bits per heavy atom. The van der Waals surface area contributed by atoms with Crippen LogP contribution in [-0.4, -0.2) is 18.7 Å². The van der Waals surface area contributed by atoms with E-state index in [4.69, 9.17) is 9.47 Å². The first-order valence-electron chi connectivity index (χ1n) is 9.29. The number of ether oxygens (including phenoxy) is 2. The van der Waals surface area contributed by atoms with Gasteiger partial charge >= 0.3 is 0 Å². The van der Waals surface area contributed by atoms with Crippen LogP contribution in [0.25, 0.3) is 0 Å². The number of nitrogens with one attached hydrogen (secondary N) is 1. The lowest BCUT2D eigenvalue weighted by Crippen LogP contribution is -2.17. The average molecular weight is 532 g/mol. The molecule has 0 saturated carbocycles. The summed E-state index contributed by atoms with van der Waals surface area (Å²) < 4.78 is 12.9. The molecule has 30 heavy (non-hydrogen) atoms. The van der Waals surface area contributed by atoms with Gasteiger partial charge in [-0.15, -0.1) is 0 Å². The van der Waals surface area contributed by atoms with Crippen LogP contribution in [0.15, 0.2) is 80.8 Å². The van der Waals surface area contributed by atoms with Gasteiger partial charge in [0.1, 0.15) is 18.1 Å². The molecular formula is C23H20Br2N2O3. The molecule has 0 fully saturated rings. The van der Waals surface area contributed by atoms with Crippen molar-refractivity contribution in [3.05, 3.63) is 92.4 Å². The number of carbonyl (C=O) groups is 1. The van der Waals surface area contributed by atoms with E-state index in [1.54, 1.807) is 30.5 Å². The Kier molecular flexibility index (Phi) is 8.04. The van der Waals surface area contributed by atoms with Crippen LogP contribution in [0.3, 0.4) is 0 Å². The Bertz CT molecular complexity index is 999. The number of carbonyl (C=O) groups excluding carboxylic acids is 1. The molecule has 0 saturated heterocycles. The summed E-state index contributed by atoms with van der Waals surface area (Å²) in [6, 6.07) is 20.6. The van der Waals surface area contributed by atoms with Crippen LogP contribution in [0.1, 0.15) is 28.4 Å². The molecule has 0 aromatic heterocycles. The van der Waals surface area contributed by atoms with Gasteiger partial charge in [-0.3, -0.25) is 4.79 Å².